The Morgan fingerprint density at radius 2 is 1.79 bits per heavy atom. The van der Waals surface area contributed by atoms with Crippen LogP contribution in [0.3, 0.4) is 0 Å². The molecule has 2 unspecified atom stereocenters. The molecule has 1 aliphatic heterocycles. The molecule has 0 aromatic heterocycles. The summed E-state index contributed by atoms with van der Waals surface area (Å²) in [6.45, 7) is 0. The van der Waals surface area contributed by atoms with E-state index in [9.17, 15) is 8.42 Å². The average molecular weight is 305 g/mol. The first-order chi connectivity index (χ1) is 8.95. The van der Waals surface area contributed by atoms with E-state index in [0.29, 0.717) is 17.9 Å². The fourth-order valence-corrected chi connectivity index (χ4v) is 4.60. The maximum atomic E-state index is 11.5. The third kappa shape index (κ3) is 3.34. The Balaban J connectivity index is 2.26. The van der Waals surface area contributed by atoms with Crippen LogP contribution in [-0.4, -0.2) is 34.1 Å². The molecule has 0 radical (unpaired) electrons. The second kappa shape index (κ2) is 5.59. The molecule has 19 heavy (non-hydrogen) atoms. The monoisotopic (exact) mass is 304 g/mol. The second-order valence-electron chi connectivity index (χ2n) is 4.71. The van der Waals surface area contributed by atoms with E-state index in [-0.39, 0.29) is 22.8 Å². The van der Waals surface area contributed by atoms with Crippen LogP contribution in [0.2, 0.25) is 0 Å². The number of sulfone groups is 1. The highest BCUT2D eigenvalue weighted by atomic mass is 35.5. The zero-order valence-corrected chi connectivity index (χ0v) is 12.5. The van der Waals surface area contributed by atoms with Gasteiger partial charge in [-0.2, -0.15) is 0 Å². The van der Waals surface area contributed by atoms with Crippen molar-refractivity contribution < 1.29 is 17.9 Å². The zero-order valence-electron chi connectivity index (χ0n) is 10.9. The van der Waals surface area contributed by atoms with E-state index in [2.05, 4.69) is 0 Å². The smallest absolute Gasteiger partial charge is 0.150 e. The van der Waals surface area contributed by atoms with E-state index in [1.165, 1.54) is 0 Å². The normalized spacial score (nSPS) is 23.0. The van der Waals surface area contributed by atoms with Gasteiger partial charge in [-0.05, 0) is 30.0 Å². The van der Waals surface area contributed by atoms with Gasteiger partial charge in [-0.25, -0.2) is 8.42 Å². The molecule has 0 saturated carbocycles. The quantitative estimate of drug-likeness (QED) is 0.802. The minimum Gasteiger partial charge on any atom is -0.497 e. The highest BCUT2D eigenvalue weighted by Gasteiger charge is 2.33. The van der Waals surface area contributed by atoms with Gasteiger partial charge in [-0.15, -0.1) is 11.6 Å². The molecule has 2 atom stereocenters. The van der Waals surface area contributed by atoms with Crippen LogP contribution in [-0.2, 0) is 9.84 Å². The summed E-state index contributed by atoms with van der Waals surface area (Å²) in [5.41, 5.74) is 0.833. The van der Waals surface area contributed by atoms with Crippen molar-refractivity contribution in [3.05, 3.63) is 23.8 Å². The van der Waals surface area contributed by atoms with Crippen molar-refractivity contribution in [3.8, 4) is 11.5 Å². The first kappa shape index (κ1) is 14.5. The molecule has 0 spiro atoms. The van der Waals surface area contributed by atoms with E-state index in [4.69, 9.17) is 21.1 Å². The van der Waals surface area contributed by atoms with E-state index in [1.54, 1.807) is 20.3 Å². The number of alkyl halides is 1. The van der Waals surface area contributed by atoms with Crippen molar-refractivity contribution in [1.29, 1.82) is 0 Å². The van der Waals surface area contributed by atoms with Gasteiger partial charge in [0.2, 0.25) is 0 Å². The maximum absolute atomic E-state index is 11.5. The topological polar surface area (TPSA) is 52.6 Å². The predicted molar refractivity (Wildman–Crippen MR) is 74.9 cm³/mol. The van der Waals surface area contributed by atoms with Crippen LogP contribution in [0, 0.1) is 5.92 Å². The number of hydrogen-bond acceptors (Lipinski definition) is 4. The van der Waals surface area contributed by atoms with Crippen molar-refractivity contribution >= 4 is 21.4 Å². The van der Waals surface area contributed by atoms with E-state index >= 15 is 0 Å². The lowest BCUT2D eigenvalue weighted by atomic mass is 9.98. The molecule has 2 rings (SSSR count). The molecule has 1 fully saturated rings. The minimum atomic E-state index is -2.93. The number of benzene rings is 1. The Bertz CT molecular complexity index is 534. The van der Waals surface area contributed by atoms with Crippen LogP contribution >= 0.6 is 11.6 Å². The van der Waals surface area contributed by atoms with Crippen LogP contribution in [0.1, 0.15) is 17.4 Å². The van der Waals surface area contributed by atoms with Crippen molar-refractivity contribution in [1.82, 2.24) is 0 Å². The number of ether oxygens (including phenoxy) is 2. The zero-order chi connectivity index (χ0) is 14.0. The lowest BCUT2D eigenvalue weighted by Gasteiger charge is -2.17. The van der Waals surface area contributed by atoms with Crippen LogP contribution in [0.25, 0.3) is 0 Å². The molecule has 4 nitrogen and oxygen atoms in total. The lowest BCUT2D eigenvalue weighted by Crippen LogP contribution is -2.10. The second-order valence-corrected chi connectivity index (χ2v) is 7.41. The molecule has 0 N–H and O–H groups in total. The third-order valence-corrected chi connectivity index (χ3v) is 5.78. The van der Waals surface area contributed by atoms with Gasteiger partial charge in [0.05, 0.1) is 31.1 Å². The Kier molecular flexibility index (Phi) is 4.26. The van der Waals surface area contributed by atoms with Crippen molar-refractivity contribution in [2.24, 2.45) is 5.92 Å². The van der Waals surface area contributed by atoms with E-state index < -0.39 is 9.84 Å². The summed E-state index contributed by atoms with van der Waals surface area (Å²) in [7, 11) is 0.216. The largest absolute Gasteiger partial charge is 0.497 e. The Morgan fingerprint density at radius 1 is 1.21 bits per heavy atom. The summed E-state index contributed by atoms with van der Waals surface area (Å²) < 4.78 is 33.4. The fraction of sp³-hybridized carbons (Fsp3) is 0.538. The van der Waals surface area contributed by atoms with E-state index in [0.717, 1.165) is 5.56 Å². The number of methoxy groups -OCH3 is 2. The molecule has 0 aliphatic carbocycles. The third-order valence-electron chi connectivity index (χ3n) is 3.37. The summed E-state index contributed by atoms with van der Waals surface area (Å²) in [6.07, 6.45) is 0.607. The van der Waals surface area contributed by atoms with Gasteiger partial charge in [0, 0.05) is 6.07 Å². The molecule has 1 aromatic carbocycles. The molecule has 0 bridgehead atoms. The fourth-order valence-electron chi connectivity index (χ4n) is 2.32. The molecule has 1 aliphatic rings. The number of rotatable bonds is 4. The summed E-state index contributed by atoms with van der Waals surface area (Å²) in [5.74, 6) is 1.63. The Labute approximate surface area is 118 Å². The molecule has 1 heterocycles. The van der Waals surface area contributed by atoms with Gasteiger partial charge in [0.15, 0.2) is 9.84 Å². The van der Waals surface area contributed by atoms with Gasteiger partial charge in [0.1, 0.15) is 11.5 Å². The van der Waals surface area contributed by atoms with Crippen LogP contribution in [0.4, 0.5) is 0 Å². The summed E-state index contributed by atoms with van der Waals surface area (Å²) >= 11 is 6.42. The first-order valence-corrected chi connectivity index (χ1v) is 8.28. The summed E-state index contributed by atoms with van der Waals surface area (Å²) in [5, 5.41) is -0.346. The first-order valence-electron chi connectivity index (χ1n) is 6.02. The van der Waals surface area contributed by atoms with Gasteiger partial charge in [0.25, 0.3) is 0 Å². The van der Waals surface area contributed by atoms with Crippen molar-refractivity contribution in [2.45, 2.75) is 11.8 Å². The predicted octanol–water partition coefficient (Wildman–Crippen LogP) is 2.42. The summed E-state index contributed by atoms with van der Waals surface area (Å²) in [4.78, 5) is 0. The van der Waals surface area contributed by atoms with Crippen molar-refractivity contribution in [3.63, 3.8) is 0 Å². The van der Waals surface area contributed by atoms with Crippen LogP contribution < -0.4 is 9.47 Å². The Morgan fingerprint density at radius 3 is 2.21 bits per heavy atom. The average Bonchev–Trinajstić information content (AvgIpc) is 2.77. The molecule has 1 aromatic rings. The summed E-state index contributed by atoms with van der Waals surface area (Å²) in [6, 6.07) is 5.41. The van der Waals surface area contributed by atoms with Gasteiger partial charge in [-0.3, -0.25) is 0 Å². The van der Waals surface area contributed by atoms with Gasteiger partial charge >= 0.3 is 0 Å². The Hall–Kier alpha value is -0.940. The lowest BCUT2D eigenvalue weighted by molar-refractivity contribution is 0.392. The molecule has 6 heteroatoms. The molecular weight excluding hydrogens is 288 g/mol. The van der Waals surface area contributed by atoms with E-state index in [1.807, 2.05) is 12.1 Å². The number of hydrogen-bond donors (Lipinski definition) is 0. The minimum absolute atomic E-state index is 0.0523. The SMILES string of the molecule is COc1cc(OC)cc(C(Cl)C2CCS(=O)(=O)C2)c1. The molecular formula is C13H17ClO4S. The van der Waals surface area contributed by atoms with Crippen LogP contribution in [0.5, 0.6) is 11.5 Å². The van der Waals surface area contributed by atoms with Gasteiger partial charge in [-0.1, -0.05) is 0 Å². The maximum Gasteiger partial charge on any atom is 0.150 e. The van der Waals surface area contributed by atoms with Crippen molar-refractivity contribution in [2.75, 3.05) is 25.7 Å². The highest BCUT2D eigenvalue weighted by molar-refractivity contribution is 7.91. The molecule has 0 amide bonds. The number of halogens is 1. The van der Waals surface area contributed by atoms with Gasteiger partial charge < -0.3 is 9.47 Å². The standard InChI is InChI=1S/C13H17ClO4S/c1-17-11-5-10(6-12(7-11)18-2)13(14)9-3-4-19(15,16)8-9/h5-7,9,13H,3-4,8H2,1-2H3. The molecule has 1 saturated heterocycles. The highest BCUT2D eigenvalue weighted by Crippen LogP contribution is 2.39. The molecule has 106 valence electrons. The van der Waals surface area contributed by atoms with Crippen LogP contribution in [0.15, 0.2) is 18.2 Å².